The van der Waals surface area contributed by atoms with Gasteiger partial charge < -0.3 is 0 Å². The summed E-state index contributed by atoms with van der Waals surface area (Å²) in [6, 6.07) is 0. The Morgan fingerprint density at radius 3 is 1.75 bits per heavy atom. The first-order valence-corrected chi connectivity index (χ1v) is 13.7. The van der Waals surface area contributed by atoms with Crippen LogP contribution in [0.15, 0.2) is 11.6 Å². The van der Waals surface area contributed by atoms with E-state index in [2.05, 4.69) is 6.08 Å². The molecule has 0 heterocycles. The van der Waals surface area contributed by atoms with Crippen molar-refractivity contribution in [2.75, 3.05) is 0 Å². The summed E-state index contributed by atoms with van der Waals surface area (Å²) in [6.45, 7) is 0. The molecule has 160 valence electrons. The molecule has 0 amide bonds. The molecular weight excluding hydrogens is 368 g/mol. The molecule has 0 aromatic heterocycles. The van der Waals surface area contributed by atoms with Gasteiger partial charge in [0.2, 0.25) is 0 Å². The van der Waals surface area contributed by atoms with Crippen molar-refractivity contribution in [3.05, 3.63) is 11.6 Å². The van der Waals surface area contributed by atoms with Crippen LogP contribution in [0.3, 0.4) is 0 Å². The number of allylic oxidation sites excluding steroid dienone is 1. The molecule has 3 saturated carbocycles. The molecule has 0 spiro atoms. The van der Waals surface area contributed by atoms with Crippen LogP contribution in [0.2, 0.25) is 0 Å². The second-order valence-electron chi connectivity index (χ2n) is 10.3. The first kappa shape index (κ1) is 20.9. The van der Waals surface area contributed by atoms with Gasteiger partial charge in [0.1, 0.15) is 5.25 Å². The molecule has 28 heavy (non-hydrogen) atoms. The fourth-order valence-electron chi connectivity index (χ4n) is 7.19. The zero-order chi connectivity index (χ0) is 19.6. The van der Waals surface area contributed by atoms with Crippen molar-refractivity contribution in [1.82, 2.24) is 0 Å². The van der Waals surface area contributed by atoms with Gasteiger partial charge in [-0.2, -0.15) is 8.42 Å². The Labute approximate surface area is 172 Å². The van der Waals surface area contributed by atoms with Gasteiger partial charge in [-0.15, -0.1) is 0 Å². The predicted octanol–water partition coefficient (Wildman–Crippen LogP) is 6.55. The Hall–Kier alpha value is -0.350. The Kier molecular flexibility index (Phi) is 6.87. The van der Waals surface area contributed by atoms with Gasteiger partial charge >= 0.3 is 0 Å². The van der Waals surface area contributed by atoms with Crippen LogP contribution in [0.1, 0.15) is 103 Å². The van der Waals surface area contributed by atoms with Crippen LogP contribution in [-0.2, 0) is 10.1 Å². The van der Waals surface area contributed by atoms with Crippen molar-refractivity contribution < 1.29 is 13.0 Å². The van der Waals surface area contributed by atoms with E-state index in [0.29, 0.717) is 17.8 Å². The van der Waals surface area contributed by atoms with Gasteiger partial charge in [-0.3, -0.25) is 4.55 Å². The van der Waals surface area contributed by atoms with Gasteiger partial charge in [-0.05, 0) is 61.7 Å². The minimum absolute atomic E-state index is 0.143. The molecule has 4 heteroatoms. The third kappa shape index (κ3) is 4.69. The predicted molar refractivity (Wildman–Crippen MR) is 115 cm³/mol. The minimum Gasteiger partial charge on any atom is -0.285 e. The summed E-state index contributed by atoms with van der Waals surface area (Å²) in [5, 5.41) is -0.612. The molecule has 1 N–H and O–H groups in total. The van der Waals surface area contributed by atoms with Crippen LogP contribution in [0.25, 0.3) is 0 Å². The van der Waals surface area contributed by atoms with Crippen molar-refractivity contribution in [2.24, 2.45) is 29.6 Å². The van der Waals surface area contributed by atoms with Gasteiger partial charge in [0, 0.05) is 0 Å². The second-order valence-corrected chi connectivity index (χ2v) is 11.8. The summed E-state index contributed by atoms with van der Waals surface area (Å²) < 4.78 is 35.8. The third-order valence-electron chi connectivity index (χ3n) is 8.58. The summed E-state index contributed by atoms with van der Waals surface area (Å²) in [4.78, 5) is 0. The Morgan fingerprint density at radius 1 is 0.714 bits per heavy atom. The van der Waals surface area contributed by atoms with E-state index < -0.39 is 15.4 Å². The lowest BCUT2D eigenvalue weighted by atomic mass is 9.64. The fraction of sp³-hybridized carbons (Fsp3) is 0.917. The molecule has 0 aromatic rings. The Morgan fingerprint density at radius 2 is 1.21 bits per heavy atom. The average Bonchev–Trinajstić information content (AvgIpc) is 2.74. The van der Waals surface area contributed by atoms with Crippen molar-refractivity contribution in [3.8, 4) is 0 Å². The number of hydrogen-bond donors (Lipinski definition) is 1. The highest BCUT2D eigenvalue weighted by atomic mass is 32.2. The van der Waals surface area contributed by atoms with E-state index in [4.69, 9.17) is 0 Å². The van der Waals surface area contributed by atoms with Crippen LogP contribution in [0.5, 0.6) is 0 Å². The fourth-order valence-corrected chi connectivity index (χ4v) is 8.58. The molecule has 4 rings (SSSR count). The highest BCUT2D eigenvalue weighted by molar-refractivity contribution is 7.86. The van der Waals surface area contributed by atoms with E-state index in [1.54, 1.807) is 0 Å². The van der Waals surface area contributed by atoms with Crippen molar-refractivity contribution >= 4 is 10.1 Å². The van der Waals surface area contributed by atoms with E-state index in [1.807, 2.05) is 0 Å². The smallest absolute Gasteiger partial charge is 0.271 e. The largest absolute Gasteiger partial charge is 0.285 e. The highest BCUT2D eigenvalue weighted by Crippen LogP contribution is 2.49. The lowest BCUT2D eigenvalue weighted by molar-refractivity contribution is 0.162. The molecule has 4 aliphatic rings. The number of rotatable bonds is 4. The summed E-state index contributed by atoms with van der Waals surface area (Å²) >= 11 is 0. The maximum absolute atomic E-state index is 12.7. The highest BCUT2D eigenvalue weighted by Gasteiger charge is 2.46. The van der Waals surface area contributed by atoms with Crippen LogP contribution >= 0.6 is 0 Å². The lowest BCUT2D eigenvalue weighted by Crippen LogP contribution is -2.44. The zero-order valence-electron chi connectivity index (χ0n) is 17.5. The van der Waals surface area contributed by atoms with Crippen LogP contribution in [0, 0.1) is 29.6 Å². The molecule has 3 atom stereocenters. The summed E-state index contributed by atoms with van der Waals surface area (Å²) in [5.41, 5.74) is 1.14. The average molecular weight is 409 g/mol. The molecule has 3 nitrogen and oxygen atoms in total. The van der Waals surface area contributed by atoms with Crippen LogP contribution in [-0.4, -0.2) is 18.2 Å². The SMILES string of the molecule is O=S(=O)(O)[C@H]1C(C2CCCCC2)=C[C@@H](C2CCCCC2)CC1C1CCCCC1. The Bertz CT molecular complexity index is 635. The first-order valence-electron chi connectivity index (χ1n) is 12.2. The Balaban J connectivity index is 1.68. The van der Waals surface area contributed by atoms with E-state index in [0.717, 1.165) is 43.6 Å². The summed E-state index contributed by atoms with van der Waals surface area (Å²) in [7, 11) is -4.05. The molecule has 3 fully saturated rings. The monoisotopic (exact) mass is 408 g/mol. The normalized spacial score (nSPS) is 34.9. The van der Waals surface area contributed by atoms with Gasteiger partial charge in [0.05, 0.1) is 0 Å². The van der Waals surface area contributed by atoms with Crippen molar-refractivity contribution in [2.45, 2.75) is 108 Å². The molecular formula is C24H40O3S. The van der Waals surface area contributed by atoms with Crippen molar-refractivity contribution in [3.63, 3.8) is 0 Å². The second kappa shape index (κ2) is 9.20. The molecule has 1 unspecified atom stereocenters. The van der Waals surface area contributed by atoms with E-state index in [9.17, 15) is 13.0 Å². The summed E-state index contributed by atoms with van der Waals surface area (Å²) in [6.07, 6.45) is 22.1. The van der Waals surface area contributed by atoms with Gasteiger partial charge in [0.15, 0.2) is 0 Å². The van der Waals surface area contributed by atoms with Crippen LogP contribution < -0.4 is 0 Å². The molecule has 0 saturated heterocycles. The van der Waals surface area contributed by atoms with Crippen LogP contribution in [0.4, 0.5) is 0 Å². The standard InChI is InChI=1S/C24H40O3S/c25-28(26,27)24-22(19-12-6-2-7-13-19)16-21(18-10-4-1-5-11-18)17-23(24)20-14-8-3-9-15-20/h16,18-21,23-24H,1-15,17H2,(H,25,26,27)/t21-,23?,24+/m1/s1. The van der Waals surface area contributed by atoms with E-state index in [1.165, 1.54) is 70.6 Å². The lowest BCUT2D eigenvalue weighted by Gasteiger charge is -2.45. The van der Waals surface area contributed by atoms with E-state index in [-0.39, 0.29) is 5.92 Å². The van der Waals surface area contributed by atoms with Gasteiger partial charge in [0.25, 0.3) is 10.1 Å². The number of hydrogen-bond acceptors (Lipinski definition) is 2. The topological polar surface area (TPSA) is 54.4 Å². The molecule has 0 bridgehead atoms. The molecule has 0 radical (unpaired) electrons. The molecule has 4 aliphatic carbocycles. The third-order valence-corrected chi connectivity index (χ3v) is 9.84. The molecule has 0 aliphatic heterocycles. The van der Waals surface area contributed by atoms with Gasteiger partial charge in [-0.25, -0.2) is 0 Å². The van der Waals surface area contributed by atoms with E-state index >= 15 is 0 Å². The maximum atomic E-state index is 12.7. The quantitative estimate of drug-likeness (QED) is 0.424. The van der Waals surface area contributed by atoms with Gasteiger partial charge in [-0.1, -0.05) is 82.3 Å². The molecule has 0 aromatic carbocycles. The first-order chi connectivity index (χ1) is 13.5. The zero-order valence-corrected chi connectivity index (χ0v) is 18.3. The summed E-state index contributed by atoms with van der Waals surface area (Å²) in [5.74, 6) is 2.30. The maximum Gasteiger partial charge on any atom is 0.271 e. The minimum atomic E-state index is -4.05. The van der Waals surface area contributed by atoms with Crippen molar-refractivity contribution in [1.29, 1.82) is 0 Å².